The molecule has 8 nitrogen and oxygen atoms in total. The summed E-state index contributed by atoms with van der Waals surface area (Å²) in [5.74, 6) is 0. The maximum absolute atomic E-state index is 13.4. The topological polar surface area (TPSA) is 98.8 Å². The molecule has 0 amide bonds. The molecular weight excluding hydrogens is 484 g/mol. The molecule has 1 saturated heterocycles. The maximum Gasteiger partial charge on any atom is 0.264 e. The monoisotopic (exact) mass is 514 g/mol. The van der Waals surface area contributed by atoms with Crippen molar-refractivity contribution in [1.82, 2.24) is 5.32 Å². The van der Waals surface area contributed by atoms with Gasteiger partial charge in [0.2, 0.25) is 0 Å². The molecular formula is C25H30N4O4S2. The molecule has 1 aliphatic rings. The Kier molecular flexibility index (Phi) is 7.34. The Morgan fingerprint density at radius 1 is 0.857 bits per heavy atom. The zero-order valence-corrected chi connectivity index (χ0v) is 21.4. The molecule has 0 saturated carbocycles. The lowest BCUT2D eigenvalue weighted by molar-refractivity contribution is 0.593. The Bertz CT molecular complexity index is 1370. The van der Waals surface area contributed by atoms with Crippen molar-refractivity contribution in [2.24, 2.45) is 0 Å². The van der Waals surface area contributed by atoms with E-state index < -0.39 is 20.0 Å². The number of hydrogen-bond acceptors (Lipinski definition) is 6. The third-order valence-corrected chi connectivity index (χ3v) is 9.17. The second-order valence-electron chi connectivity index (χ2n) is 8.50. The van der Waals surface area contributed by atoms with Gasteiger partial charge in [-0.25, -0.2) is 16.8 Å². The number of sulfonamides is 2. The summed E-state index contributed by atoms with van der Waals surface area (Å²) < 4.78 is 56.9. The molecule has 0 aliphatic carbocycles. The van der Waals surface area contributed by atoms with Gasteiger partial charge in [-0.05, 0) is 62.4 Å². The number of rotatable bonds is 7. The number of hydrogen-bond donors (Lipinski definition) is 2. The first kappa shape index (κ1) is 25.0. The highest BCUT2D eigenvalue weighted by atomic mass is 32.2. The molecule has 1 heterocycles. The smallest absolute Gasteiger partial charge is 0.264 e. The van der Waals surface area contributed by atoms with Crippen molar-refractivity contribution in [2.45, 2.75) is 23.1 Å². The quantitative estimate of drug-likeness (QED) is 0.501. The first-order chi connectivity index (χ1) is 16.7. The molecule has 3 aromatic rings. The van der Waals surface area contributed by atoms with Crippen molar-refractivity contribution in [3.05, 3.63) is 78.4 Å². The normalized spacial score (nSPS) is 14.9. The minimum absolute atomic E-state index is 0.0966. The van der Waals surface area contributed by atoms with Gasteiger partial charge in [-0.1, -0.05) is 35.9 Å². The van der Waals surface area contributed by atoms with Crippen LogP contribution in [-0.4, -0.2) is 50.1 Å². The first-order valence-corrected chi connectivity index (χ1v) is 14.3. The van der Waals surface area contributed by atoms with Gasteiger partial charge in [0.1, 0.15) is 0 Å². The van der Waals surface area contributed by atoms with E-state index in [9.17, 15) is 16.8 Å². The molecule has 2 N–H and O–H groups in total. The second-order valence-corrected chi connectivity index (χ2v) is 12.1. The third-order valence-electron chi connectivity index (χ3n) is 6.00. The van der Waals surface area contributed by atoms with Crippen LogP contribution >= 0.6 is 0 Å². The minimum Gasteiger partial charge on any atom is -0.370 e. The molecule has 0 spiro atoms. The highest BCUT2D eigenvalue weighted by Gasteiger charge is 2.26. The van der Waals surface area contributed by atoms with Gasteiger partial charge in [-0.3, -0.25) is 9.03 Å². The molecule has 1 fully saturated rings. The maximum atomic E-state index is 13.4. The molecule has 10 heteroatoms. The SMILES string of the molecule is Cc1ccc(S(=O)(=O)N(C)c2ccc(N3CCCNCC3)cc2NS(=O)(=O)c2ccccc2)cc1. The summed E-state index contributed by atoms with van der Waals surface area (Å²) in [6, 6.07) is 19.8. The Balaban J connectivity index is 1.77. The van der Waals surface area contributed by atoms with Gasteiger partial charge in [0.15, 0.2) is 0 Å². The van der Waals surface area contributed by atoms with Crippen LogP contribution < -0.4 is 19.2 Å². The summed E-state index contributed by atoms with van der Waals surface area (Å²) in [5, 5.41) is 3.35. The van der Waals surface area contributed by atoms with E-state index in [0.717, 1.165) is 48.2 Å². The van der Waals surface area contributed by atoms with Crippen molar-refractivity contribution in [2.75, 3.05) is 47.2 Å². The summed E-state index contributed by atoms with van der Waals surface area (Å²) in [5.41, 5.74) is 2.20. The molecule has 0 aromatic heterocycles. The fourth-order valence-corrected chi connectivity index (χ4v) is 6.28. The zero-order chi connectivity index (χ0) is 25.1. The van der Waals surface area contributed by atoms with Crippen LogP contribution in [0.4, 0.5) is 17.1 Å². The third kappa shape index (κ3) is 5.61. The number of anilines is 3. The van der Waals surface area contributed by atoms with Gasteiger partial charge in [-0.15, -0.1) is 0 Å². The van der Waals surface area contributed by atoms with Crippen LogP contribution in [0.15, 0.2) is 82.6 Å². The standard InChI is InChI=1S/C25H30N4O4S2/c1-20-9-12-23(13-10-20)35(32,33)28(2)25-14-11-21(29-17-6-15-26-16-18-29)19-24(25)27-34(30,31)22-7-4-3-5-8-22/h3-5,7-14,19,26-27H,6,15-18H2,1-2H3. The van der Waals surface area contributed by atoms with E-state index >= 15 is 0 Å². The van der Waals surface area contributed by atoms with Crippen molar-refractivity contribution in [3.8, 4) is 0 Å². The van der Waals surface area contributed by atoms with E-state index in [1.807, 2.05) is 13.0 Å². The van der Waals surface area contributed by atoms with Gasteiger partial charge in [0.25, 0.3) is 20.0 Å². The molecule has 35 heavy (non-hydrogen) atoms. The Hall–Kier alpha value is -3.08. The van der Waals surface area contributed by atoms with E-state index in [-0.39, 0.29) is 21.2 Å². The molecule has 0 radical (unpaired) electrons. The summed E-state index contributed by atoms with van der Waals surface area (Å²) in [7, 11) is -6.43. The first-order valence-electron chi connectivity index (χ1n) is 11.4. The predicted molar refractivity (Wildman–Crippen MR) is 140 cm³/mol. The minimum atomic E-state index is -3.94. The molecule has 0 unspecified atom stereocenters. The largest absolute Gasteiger partial charge is 0.370 e. The van der Waals surface area contributed by atoms with Crippen molar-refractivity contribution in [3.63, 3.8) is 0 Å². The Morgan fingerprint density at radius 2 is 1.57 bits per heavy atom. The van der Waals surface area contributed by atoms with Crippen LogP contribution in [-0.2, 0) is 20.0 Å². The Labute approximate surface area is 207 Å². The van der Waals surface area contributed by atoms with Gasteiger partial charge in [-0.2, -0.15) is 0 Å². The average Bonchev–Trinajstić information content (AvgIpc) is 3.14. The number of benzene rings is 3. The summed E-state index contributed by atoms with van der Waals surface area (Å²) in [4.78, 5) is 2.39. The molecule has 0 atom stereocenters. The van der Waals surface area contributed by atoms with E-state index in [0.29, 0.717) is 0 Å². The van der Waals surface area contributed by atoms with Crippen LogP contribution in [0.25, 0.3) is 0 Å². The lowest BCUT2D eigenvalue weighted by Crippen LogP contribution is -2.29. The van der Waals surface area contributed by atoms with Crippen molar-refractivity contribution >= 4 is 37.1 Å². The number of nitrogens with zero attached hydrogens (tertiary/aromatic N) is 2. The highest BCUT2D eigenvalue weighted by molar-refractivity contribution is 7.93. The van der Waals surface area contributed by atoms with E-state index in [4.69, 9.17) is 0 Å². The lowest BCUT2D eigenvalue weighted by atomic mass is 10.2. The molecule has 3 aromatic carbocycles. The summed E-state index contributed by atoms with van der Waals surface area (Å²) >= 11 is 0. The molecule has 1 aliphatic heterocycles. The lowest BCUT2D eigenvalue weighted by Gasteiger charge is -2.27. The fraction of sp³-hybridized carbons (Fsp3) is 0.280. The van der Waals surface area contributed by atoms with Crippen LogP contribution in [0.3, 0.4) is 0 Å². The predicted octanol–water partition coefficient (Wildman–Crippen LogP) is 3.42. The fourth-order valence-electron chi connectivity index (χ4n) is 3.98. The van der Waals surface area contributed by atoms with Crippen LogP contribution in [0.1, 0.15) is 12.0 Å². The van der Waals surface area contributed by atoms with Crippen molar-refractivity contribution in [1.29, 1.82) is 0 Å². The van der Waals surface area contributed by atoms with Gasteiger partial charge in [0, 0.05) is 32.4 Å². The van der Waals surface area contributed by atoms with E-state index in [2.05, 4.69) is 14.9 Å². The van der Waals surface area contributed by atoms with Crippen LogP contribution in [0.5, 0.6) is 0 Å². The zero-order valence-electron chi connectivity index (χ0n) is 19.8. The molecule has 4 rings (SSSR count). The van der Waals surface area contributed by atoms with E-state index in [1.165, 1.54) is 19.2 Å². The average molecular weight is 515 g/mol. The second kappa shape index (κ2) is 10.3. The number of aryl methyl sites for hydroxylation is 1. The Morgan fingerprint density at radius 3 is 2.29 bits per heavy atom. The van der Waals surface area contributed by atoms with Gasteiger partial charge < -0.3 is 10.2 Å². The van der Waals surface area contributed by atoms with Crippen LogP contribution in [0.2, 0.25) is 0 Å². The van der Waals surface area contributed by atoms with Crippen LogP contribution in [0, 0.1) is 6.92 Å². The molecule has 0 bridgehead atoms. The summed E-state index contributed by atoms with van der Waals surface area (Å²) in [6.07, 6.45) is 0.953. The summed E-state index contributed by atoms with van der Waals surface area (Å²) in [6.45, 7) is 5.19. The van der Waals surface area contributed by atoms with Gasteiger partial charge in [0.05, 0.1) is 21.2 Å². The highest BCUT2D eigenvalue weighted by Crippen LogP contribution is 2.35. The van der Waals surface area contributed by atoms with Crippen molar-refractivity contribution < 1.29 is 16.8 Å². The van der Waals surface area contributed by atoms with Gasteiger partial charge >= 0.3 is 0 Å². The van der Waals surface area contributed by atoms with E-state index in [1.54, 1.807) is 54.6 Å². The number of nitrogens with one attached hydrogen (secondary N) is 2. The molecule has 186 valence electrons.